The maximum absolute atomic E-state index is 12.9. The van der Waals surface area contributed by atoms with E-state index in [0.717, 1.165) is 19.2 Å². The third-order valence-corrected chi connectivity index (χ3v) is 3.10. The Kier molecular flexibility index (Phi) is 5.98. The van der Waals surface area contributed by atoms with Crippen molar-refractivity contribution in [2.45, 2.75) is 12.2 Å². The van der Waals surface area contributed by atoms with Crippen LogP contribution in [0.5, 0.6) is 0 Å². The molecule has 6 heteroatoms. The van der Waals surface area contributed by atoms with Crippen LogP contribution >= 0.6 is 0 Å². The van der Waals surface area contributed by atoms with Crippen LogP contribution in [0.25, 0.3) is 0 Å². The van der Waals surface area contributed by atoms with Gasteiger partial charge in [-0.2, -0.15) is 13.2 Å². The van der Waals surface area contributed by atoms with Crippen LogP contribution in [0.15, 0.2) is 24.3 Å². The lowest BCUT2D eigenvalue weighted by Crippen LogP contribution is -2.34. The quantitative estimate of drug-likeness (QED) is 0.871. The molecule has 0 saturated carbocycles. The molecule has 0 bridgehead atoms. The molecule has 0 amide bonds. The standard InChI is InChI=1S/C14H22F3N3/c1-19(2)8-9-20(3)10-13(18)11-6-4-5-7-12(11)14(15,16)17/h4-7,13H,8-10,18H2,1-3H3. The minimum Gasteiger partial charge on any atom is -0.323 e. The Morgan fingerprint density at radius 3 is 2.25 bits per heavy atom. The smallest absolute Gasteiger partial charge is 0.323 e. The summed E-state index contributed by atoms with van der Waals surface area (Å²) in [5.74, 6) is 0. The van der Waals surface area contributed by atoms with Gasteiger partial charge in [-0.3, -0.25) is 0 Å². The number of rotatable bonds is 6. The van der Waals surface area contributed by atoms with Crippen molar-refractivity contribution in [3.05, 3.63) is 35.4 Å². The third kappa shape index (κ3) is 5.11. The average Bonchev–Trinajstić information content (AvgIpc) is 2.35. The van der Waals surface area contributed by atoms with Gasteiger partial charge >= 0.3 is 6.18 Å². The molecule has 1 atom stereocenters. The molecule has 20 heavy (non-hydrogen) atoms. The van der Waals surface area contributed by atoms with Crippen LogP contribution in [0.1, 0.15) is 17.2 Å². The van der Waals surface area contributed by atoms with E-state index in [9.17, 15) is 13.2 Å². The Hall–Kier alpha value is -1.11. The van der Waals surface area contributed by atoms with Crippen LogP contribution in [-0.4, -0.2) is 50.6 Å². The molecule has 0 aliphatic carbocycles. The molecule has 3 nitrogen and oxygen atoms in total. The van der Waals surface area contributed by atoms with Crippen LogP contribution in [0.4, 0.5) is 13.2 Å². The molecular weight excluding hydrogens is 267 g/mol. The molecule has 1 aromatic rings. The van der Waals surface area contributed by atoms with E-state index < -0.39 is 17.8 Å². The maximum Gasteiger partial charge on any atom is 0.416 e. The van der Waals surface area contributed by atoms with Gasteiger partial charge in [-0.15, -0.1) is 0 Å². The first-order chi connectivity index (χ1) is 9.21. The summed E-state index contributed by atoms with van der Waals surface area (Å²) < 4.78 is 38.8. The number of likely N-dealkylation sites (N-methyl/N-ethyl adjacent to an activating group) is 2. The fraction of sp³-hybridized carbons (Fsp3) is 0.571. The summed E-state index contributed by atoms with van der Waals surface area (Å²) in [5, 5.41) is 0. The summed E-state index contributed by atoms with van der Waals surface area (Å²) in [5.41, 5.74) is 5.45. The van der Waals surface area contributed by atoms with E-state index in [-0.39, 0.29) is 5.56 Å². The van der Waals surface area contributed by atoms with Crippen LogP contribution in [0, 0.1) is 0 Å². The zero-order valence-corrected chi connectivity index (χ0v) is 12.1. The van der Waals surface area contributed by atoms with Gasteiger partial charge in [0.15, 0.2) is 0 Å². The van der Waals surface area contributed by atoms with Crippen molar-refractivity contribution in [1.82, 2.24) is 9.80 Å². The summed E-state index contributed by atoms with van der Waals surface area (Å²) in [4.78, 5) is 3.96. The molecule has 1 aromatic carbocycles. The van der Waals surface area contributed by atoms with Crippen molar-refractivity contribution in [2.75, 3.05) is 40.8 Å². The Morgan fingerprint density at radius 2 is 1.70 bits per heavy atom. The molecule has 0 spiro atoms. The first-order valence-corrected chi connectivity index (χ1v) is 6.46. The molecular formula is C14H22F3N3. The van der Waals surface area contributed by atoms with Crippen LogP contribution < -0.4 is 5.73 Å². The van der Waals surface area contributed by atoms with E-state index in [4.69, 9.17) is 5.73 Å². The number of nitrogens with zero attached hydrogens (tertiary/aromatic N) is 2. The van der Waals surface area contributed by atoms with Crippen molar-refractivity contribution < 1.29 is 13.2 Å². The topological polar surface area (TPSA) is 32.5 Å². The highest BCUT2D eigenvalue weighted by Gasteiger charge is 2.34. The summed E-state index contributed by atoms with van der Waals surface area (Å²) in [7, 11) is 5.76. The molecule has 0 radical (unpaired) electrons. The molecule has 0 aromatic heterocycles. The molecule has 1 rings (SSSR count). The van der Waals surface area contributed by atoms with E-state index >= 15 is 0 Å². The van der Waals surface area contributed by atoms with Crippen molar-refractivity contribution in [3.63, 3.8) is 0 Å². The predicted molar refractivity (Wildman–Crippen MR) is 74.4 cm³/mol. The molecule has 0 aliphatic rings. The van der Waals surface area contributed by atoms with E-state index in [0.29, 0.717) is 6.54 Å². The van der Waals surface area contributed by atoms with Gasteiger partial charge in [0.1, 0.15) is 0 Å². The molecule has 0 saturated heterocycles. The predicted octanol–water partition coefficient (Wildman–Crippen LogP) is 2.20. The highest BCUT2D eigenvalue weighted by Crippen LogP contribution is 2.33. The molecule has 2 N–H and O–H groups in total. The lowest BCUT2D eigenvalue weighted by molar-refractivity contribution is -0.138. The highest BCUT2D eigenvalue weighted by molar-refractivity contribution is 5.32. The molecule has 0 fully saturated rings. The third-order valence-electron chi connectivity index (χ3n) is 3.10. The summed E-state index contributed by atoms with van der Waals surface area (Å²) in [6.45, 7) is 1.99. The molecule has 0 aliphatic heterocycles. The molecule has 0 heterocycles. The Morgan fingerprint density at radius 1 is 1.10 bits per heavy atom. The largest absolute Gasteiger partial charge is 0.416 e. The first kappa shape index (κ1) is 16.9. The van der Waals surface area contributed by atoms with Gasteiger partial charge < -0.3 is 15.5 Å². The van der Waals surface area contributed by atoms with Crippen molar-refractivity contribution in [3.8, 4) is 0 Å². The van der Waals surface area contributed by atoms with Gasteiger partial charge in [0.05, 0.1) is 5.56 Å². The van der Waals surface area contributed by atoms with Gasteiger partial charge in [0.2, 0.25) is 0 Å². The normalized spacial score (nSPS) is 14.1. The highest BCUT2D eigenvalue weighted by atomic mass is 19.4. The second-order valence-electron chi connectivity index (χ2n) is 5.26. The SMILES string of the molecule is CN(C)CCN(C)CC(N)c1ccccc1C(F)(F)F. The van der Waals surface area contributed by atoms with Crippen LogP contribution in [0.2, 0.25) is 0 Å². The first-order valence-electron chi connectivity index (χ1n) is 6.46. The van der Waals surface area contributed by atoms with Crippen molar-refractivity contribution >= 4 is 0 Å². The van der Waals surface area contributed by atoms with Gasteiger partial charge in [-0.1, -0.05) is 18.2 Å². The van der Waals surface area contributed by atoms with Gasteiger partial charge in [0, 0.05) is 25.7 Å². The van der Waals surface area contributed by atoms with Gasteiger partial charge in [0.25, 0.3) is 0 Å². The Bertz CT molecular complexity index is 418. The number of hydrogen-bond donors (Lipinski definition) is 1. The second-order valence-corrected chi connectivity index (χ2v) is 5.26. The number of alkyl halides is 3. The van der Waals surface area contributed by atoms with E-state index in [1.807, 2.05) is 30.9 Å². The van der Waals surface area contributed by atoms with E-state index in [1.165, 1.54) is 12.1 Å². The summed E-state index contributed by atoms with van der Waals surface area (Å²) in [6.07, 6.45) is -4.36. The fourth-order valence-electron chi connectivity index (χ4n) is 1.97. The minimum absolute atomic E-state index is 0.150. The van der Waals surface area contributed by atoms with E-state index in [1.54, 1.807) is 6.07 Å². The monoisotopic (exact) mass is 289 g/mol. The zero-order chi connectivity index (χ0) is 15.3. The number of benzene rings is 1. The van der Waals surface area contributed by atoms with Gasteiger partial charge in [-0.25, -0.2) is 0 Å². The summed E-state index contributed by atoms with van der Waals surface area (Å²) in [6, 6.07) is 4.85. The fourth-order valence-corrected chi connectivity index (χ4v) is 1.97. The van der Waals surface area contributed by atoms with Crippen molar-refractivity contribution in [1.29, 1.82) is 0 Å². The maximum atomic E-state index is 12.9. The minimum atomic E-state index is -4.36. The lowest BCUT2D eigenvalue weighted by atomic mass is 10.00. The number of nitrogens with two attached hydrogens (primary N) is 1. The van der Waals surface area contributed by atoms with Crippen molar-refractivity contribution in [2.24, 2.45) is 5.73 Å². The zero-order valence-electron chi connectivity index (χ0n) is 12.1. The molecule has 114 valence electrons. The Balaban J connectivity index is 2.75. The van der Waals surface area contributed by atoms with E-state index in [2.05, 4.69) is 0 Å². The molecule has 1 unspecified atom stereocenters. The number of halogens is 3. The Labute approximate surface area is 118 Å². The van der Waals surface area contributed by atoms with Gasteiger partial charge in [-0.05, 0) is 32.8 Å². The second kappa shape index (κ2) is 7.06. The summed E-state index contributed by atoms with van der Waals surface area (Å²) >= 11 is 0. The lowest BCUT2D eigenvalue weighted by Gasteiger charge is -2.24. The average molecular weight is 289 g/mol. The van der Waals surface area contributed by atoms with Crippen LogP contribution in [-0.2, 0) is 6.18 Å². The number of hydrogen-bond acceptors (Lipinski definition) is 3. The van der Waals surface area contributed by atoms with Crippen LogP contribution in [0.3, 0.4) is 0 Å².